The van der Waals surface area contributed by atoms with Crippen molar-refractivity contribution in [2.24, 2.45) is 0 Å². The van der Waals surface area contributed by atoms with E-state index >= 15 is 0 Å². The topological polar surface area (TPSA) is 117 Å². The van der Waals surface area contributed by atoms with E-state index in [4.69, 9.17) is 4.42 Å². The zero-order valence-electron chi connectivity index (χ0n) is 18.3. The Hall–Kier alpha value is -4.11. The van der Waals surface area contributed by atoms with Crippen molar-refractivity contribution in [2.45, 2.75) is 13.8 Å². The lowest BCUT2D eigenvalue weighted by molar-refractivity contribution is -0.127. The molecule has 2 N–H and O–H groups in total. The first-order valence-electron chi connectivity index (χ1n) is 10.3. The van der Waals surface area contributed by atoms with Gasteiger partial charge in [0, 0.05) is 17.3 Å². The lowest BCUT2D eigenvalue weighted by atomic mass is 10.0. The minimum Gasteiger partial charge on any atom is -0.478 e. The van der Waals surface area contributed by atoms with Crippen molar-refractivity contribution in [1.82, 2.24) is 4.90 Å². The molecule has 1 saturated heterocycles. The maximum absolute atomic E-state index is 12.7. The van der Waals surface area contributed by atoms with Crippen LogP contribution in [0.1, 0.15) is 27.2 Å². The summed E-state index contributed by atoms with van der Waals surface area (Å²) < 4.78 is 5.79. The Labute approximate surface area is 199 Å². The predicted octanol–water partition coefficient (Wildman–Crippen LogP) is 4.94. The number of nitrogens with one attached hydrogen (secondary N) is 1. The first-order chi connectivity index (χ1) is 16.2. The molecule has 1 aliphatic rings. The van der Waals surface area contributed by atoms with Gasteiger partial charge in [0.25, 0.3) is 11.1 Å². The summed E-state index contributed by atoms with van der Waals surface area (Å²) in [5.74, 6) is -1.36. The second kappa shape index (κ2) is 9.40. The highest BCUT2D eigenvalue weighted by Gasteiger charge is 2.36. The number of amides is 3. The van der Waals surface area contributed by atoms with Gasteiger partial charge in [-0.25, -0.2) is 4.79 Å². The molecule has 2 aromatic carbocycles. The van der Waals surface area contributed by atoms with E-state index in [0.29, 0.717) is 22.8 Å². The molecule has 0 saturated carbocycles. The predicted molar refractivity (Wildman–Crippen MR) is 128 cm³/mol. The summed E-state index contributed by atoms with van der Waals surface area (Å²) in [7, 11) is 0. The molecular weight excluding hydrogens is 456 g/mol. The third-order valence-corrected chi connectivity index (χ3v) is 6.07. The van der Waals surface area contributed by atoms with Gasteiger partial charge in [0.1, 0.15) is 18.1 Å². The number of hydrogen-bond donors (Lipinski definition) is 2. The molecule has 2 heterocycles. The van der Waals surface area contributed by atoms with E-state index in [9.17, 15) is 24.3 Å². The van der Waals surface area contributed by atoms with Crippen molar-refractivity contribution in [1.29, 1.82) is 0 Å². The lowest BCUT2D eigenvalue weighted by Gasteiger charge is -2.12. The largest absolute Gasteiger partial charge is 0.478 e. The van der Waals surface area contributed by atoms with E-state index in [1.54, 1.807) is 30.3 Å². The van der Waals surface area contributed by atoms with E-state index in [-0.39, 0.29) is 10.5 Å². The number of aryl methyl sites for hydroxylation is 2. The quantitative estimate of drug-likeness (QED) is 0.484. The molecule has 3 aromatic rings. The molecule has 0 bridgehead atoms. The second-order valence-corrected chi connectivity index (χ2v) is 8.71. The lowest BCUT2D eigenvalue weighted by Crippen LogP contribution is -2.36. The fraction of sp³-hybridized carbons (Fsp3) is 0.120. The number of aromatic carboxylic acids is 1. The van der Waals surface area contributed by atoms with Gasteiger partial charge in [-0.3, -0.25) is 19.3 Å². The Balaban J connectivity index is 1.48. The van der Waals surface area contributed by atoms with Crippen LogP contribution in [-0.4, -0.2) is 39.6 Å². The molecule has 3 amide bonds. The van der Waals surface area contributed by atoms with Crippen molar-refractivity contribution >= 4 is 46.5 Å². The van der Waals surface area contributed by atoms with Gasteiger partial charge in [-0.05, 0) is 67.6 Å². The Morgan fingerprint density at radius 2 is 1.79 bits per heavy atom. The average Bonchev–Trinajstić information content (AvgIpc) is 3.35. The summed E-state index contributed by atoms with van der Waals surface area (Å²) in [5.41, 5.74) is 3.18. The average molecular weight is 477 g/mol. The molecule has 0 spiro atoms. The van der Waals surface area contributed by atoms with Crippen LogP contribution in [0.2, 0.25) is 0 Å². The van der Waals surface area contributed by atoms with Crippen LogP contribution in [0.5, 0.6) is 0 Å². The number of imide groups is 1. The van der Waals surface area contributed by atoms with Crippen molar-refractivity contribution in [3.05, 3.63) is 82.0 Å². The summed E-state index contributed by atoms with van der Waals surface area (Å²) in [4.78, 5) is 49.7. The van der Waals surface area contributed by atoms with Crippen molar-refractivity contribution in [2.75, 3.05) is 11.9 Å². The van der Waals surface area contributed by atoms with E-state index in [2.05, 4.69) is 5.32 Å². The molecule has 4 rings (SSSR count). The fourth-order valence-electron chi connectivity index (χ4n) is 3.34. The second-order valence-electron chi connectivity index (χ2n) is 7.72. The highest BCUT2D eigenvalue weighted by Crippen LogP contribution is 2.34. The fourth-order valence-corrected chi connectivity index (χ4v) is 4.16. The van der Waals surface area contributed by atoms with Gasteiger partial charge in [0.15, 0.2) is 0 Å². The number of benzene rings is 2. The summed E-state index contributed by atoms with van der Waals surface area (Å²) in [6, 6.07) is 15.2. The number of thioether (sulfide) groups is 1. The molecule has 34 heavy (non-hydrogen) atoms. The summed E-state index contributed by atoms with van der Waals surface area (Å²) in [6.45, 7) is 3.35. The molecule has 0 atom stereocenters. The number of carboxylic acid groups (broad SMARTS) is 1. The third-order valence-electron chi connectivity index (χ3n) is 5.16. The number of hydrogen-bond acceptors (Lipinski definition) is 6. The van der Waals surface area contributed by atoms with Crippen molar-refractivity contribution in [3.63, 3.8) is 0 Å². The van der Waals surface area contributed by atoms with E-state index in [0.717, 1.165) is 27.8 Å². The van der Waals surface area contributed by atoms with Gasteiger partial charge in [-0.2, -0.15) is 0 Å². The minimum absolute atomic E-state index is 0.128. The zero-order valence-corrected chi connectivity index (χ0v) is 19.1. The Morgan fingerprint density at radius 3 is 2.50 bits per heavy atom. The zero-order chi connectivity index (χ0) is 24.4. The minimum atomic E-state index is -1.05. The van der Waals surface area contributed by atoms with Gasteiger partial charge >= 0.3 is 5.97 Å². The maximum atomic E-state index is 12.7. The van der Waals surface area contributed by atoms with Gasteiger partial charge < -0.3 is 14.8 Å². The number of anilines is 1. The molecule has 0 radical (unpaired) electrons. The van der Waals surface area contributed by atoms with Crippen LogP contribution in [-0.2, 0) is 9.59 Å². The molecular formula is C25H20N2O6S. The number of nitrogens with zero attached hydrogens (tertiary/aromatic N) is 1. The van der Waals surface area contributed by atoms with E-state index < -0.39 is 29.6 Å². The van der Waals surface area contributed by atoms with Crippen molar-refractivity contribution < 1.29 is 28.7 Å². The van der Waals surface area contributed by atoms with Gasteiger partial charge in [-0.15, -0.1) is 0 Å². The van der Waals surface area contributed by atoms with Gasteiger partial charge in [0.2, 0.25) is 5.91 Å². The van der Waals surface area contributed by atoms with Crippen LogP contribution in [0.4, 0.5) is 10.5 Å². The highest BCUT2D eigenvalue weighted by molar-refractivity contribution is 8.18. The summed E-state index contributed by atoms with van der Waals surface area (Å²) in [5, 5.41) is 11.3. The molecule has 1 aromatic heterocycles. The number of carbonyl (C=O) groups is 4. The van der Waals surface area contributed by atoms with E-state index in [1.807, 2.05) is 26.0 Å². The SMILES string of the molecule is Cc1ccc(NC(=O)CN2C(=O)S/C(=C/c3ccc(-c4cc(C(=O)O)ccc4C)o3)C2=O)cc1. The van der Waals surface area contributed by atoms with Crippen LogP contribution in [0.25, 0.3) is 17.4 Å². The molecule has 1 aliphatic heterocycles. The molecule has 0 aliphatic carbocycles. The third kappa shape index (κ3) is 4.94. The molecule has 9 heteroatoms. The molecule has 1 fully saturated rings. The first kappa shape index (κ1) is 23.1. The maximum Gasteiger partial charge on any atom is 0.335 e. The molecule has 172 valence electrons. The number of rotatable bonds is 6. The first-order valence-corrected chi connectivity index (χ1v) is 11.1. The van der Waals surface area contributed by atoms with Crippen molar-refractivity contribution in [3.8, 4) is 11.3 Å². The highest BCUT2D eigenvalue weighted by atomic mass is 32.2. The molecule has 8 nitrogen and oxygen atoms in total. The van der Waals surface area contributed by atoms with Crippen LogP contribution in [0, 0.1) is 13.8 Å². The number of carboxylic acids is 1. The standard InChI is InChI=1S/C25H20N2O6S/c1-14-3-7-17(8-4-14)26-22(28)13-27-23(29)21(34-25(27)32)12-18-9-10-20(33-18)19-11-16(24(30)31)6-5-15(19)2/h3-12H,13H2,1-2H3,(H,26,28)(H,30,31)/b21-12+. The number of furan rings is 1. The summed E-state index contributed by atoms with van der Waals surface area (Å²) in [6.07, 6.45) is 1.43. The summed E-state index contributed by atoms with van der Waals surface area (Å²) >= 11 is 0.722. The Morgan fingerprint density at radius 1 is 1.06 bits per heavy atom. The molecule has 0 unspecified atom stereocenters. The smallest absolute Gasteiger partial charge is 0.335 e. The van der Waals surface area contributed by atoms with Crippen LogP contribution in [0.15, 0.2) is 63.9 Å². The van der Waals surface area contributed by atoms with Gasteiger partial charge in [-0.1, -0.05) is 23.8 Å². The van der Waals surface area contributed by atoms with Crippen LogP contribution >= 0.6 is 11.8 Å². The Kier molecular flexibility index (Phi) is 6.38. The number of carbonyl (C=O) groups excluding carboxylic acids is 3. The normalized spacial score (nSPS) is 14.6. The Bertz CT molecular complexity index is 1340. The van der Waals surface area contributed by atoms with E-state index in [1.165, 1.54) is 18.2 Å². The monoisotopic (exact) mass is 476 g/mol. The van der Waals surface area contributed by atoms with Crippen LogP contribution in [0.3, 0.4) is 0 Å². The van der Waals surface area contributed by atoms with Gasteiger partial charge in [0.05, 0.1) is 10.5 Å². The van der Waals surface area contributed by atoms with Crippen LogP contribution < -0.4 is 5.32 Å².